The van der Waals surface area contributed by atoms with Crippen LogP contribution < -0.4 is 0 Å². The molecule has 2 amide bonds. The fourth-order valence-corrected chi connectivity index (χ4v) is 3.78. The number of likely N-dealkylation sites (tertiary alicyclic amines) is 2. The van der Waals surface area contributed by atoms with Crippen LogP contribution in [0.5, 0.6) is 0 Å². The van der Waals surface area contributed by atoms with Gasteiger partial charge in [0.15, 0.2) is 5.76 Å². The minimum Gasteiger partial charge on any atom is -0.453 e. The molecule has 2 aliphatic rings. The number of nitrogens with zero attached hydrogens (tertiary/aromatic N) is 2. The van der Waals surface area contributed by atoms with E-state index in [0.717, 1.165) is 12.8 Å². The Hall–Kier alpha value is -1.86. The Balaban J connectivity index is 1.69. The summed E-state index contributed by atoms with van der Waals surface area (Å²) in [7, 11) is 1.57. The quantitative estimate of drug-likeness (QED) is 0.863. The number of rotatable bonds is 5. The van der Waals surface area contributed by atoms with Gasteiger partial charge in [-0.25, -0.2) is 0 Å². The lowest BCUT2D eigenvalue weighted by Gasteiger charge is -2.39. The summed E-state index contributed by atoms with van der Waals surface area (Å²) < 4.78 is 10.5. The Morgan fingerprint density at radius 1 is 1.38 bits per heavy atom. The van der Waals surface area contributed by atoms with Gasteiger partial charge in [0.25, 0.3) is 5.91 Å². The van der Waals surface area contributed by atoms with Gasteiger partial charge in [-0.15, -0.1) is 0 Å². The average Bonchev–Trinajstić information content (AvgIpc) is 3.20. The number of hydrogen-bond donors (Lipinski definition) is 1. The molecule has 2 saturated heterocycles. The van der Waals surface area contributed by atoms with E-state index in [1.807, 2.05) is 0 Å². The van der Waals surface area contributed by atoms with Crippen LogP contribution in [0.3, 0.4) is 0 Å². The number of carbonyl (C=O) groups is 2. The average molecular weight is 336 g/mol. The van der Waals surface area contributed by atoms with Crippen LogP contribution in [0.25, 0.3) is 0 Å². The summed E-state index contributed by atoms with van der Waals surface area (Å²) in [5.41, 5.74) is -0.495. The largest absolute Gasteiger partial charge is 0.453 e. The highest BCUT2D eigenvalue weighted by Crippen LogP contribution is 2.40. The topological polar surface area (TPSA) is 83.2 Å². The number of methoxy groups -OCH3 is 1. The van der Waals surface area contributed by atoms with E-state index < -0.39 is 5.41 Å². The first-order chi connectivity index (χ1) is 11.6. The SMILES string of the molecule is COCc1ccc(C(=O)N2CC[C@]3(CCCN(CCO)C3=O)C2)o1. The zero-order chi connectivity index (χ0) is 17.2. The molecule has 7 heteroatoms. The van der Waals surface area contributed by atoms with Crippen LogP contribution in [0.1, 0.15) is 35.6 Å². The minimum absolute atomic E-state index is 0.0286. The van der Waals surface area contributed by atoms with Gasteiger partial charge in [0.05, 0.1) is 12.0 Å². The maximum Gasteiger partial charge on any atom is 0.289 e. The van der Waals surface area contributed by atoms with Gasteiger partial charge in [-0.1, -0.05) is 0 Å². The molecule has 7 nitrogen and oxygen atoms in total. The molecule has 2 aliphatic heterocycles. The number of aliphatic hydroxyl groups is 1. The van der Waals surface area contributed by atoms with E-state index in [-0.39, 0.29) is 24.2 Å². The van der Waals surface area contributed by atoms with Gasteiger partial charge in [-0.2, -0.15) is 0 Å². The molecule has 0 unspecified atom stereocenters. The molecule has 1 aromatic heterocycles. The summed E-state index contributed by atoms with van der Waals surface area (Å²) in [5, 5.41) is 9.12. The van der Waals surface area contributed by atoms with Crippen LogP contribution in [-0.4, -0.2) is 66.6 Å². The van der Waals surface area contributed by atoms with Crippen molar-refractivity contribution in [1.29, 1.82) is 0 Å². The van der Waals surface area contributed by atoms with Crippen molar-refractivity contribution in [2.75, 3.05) is 39.9 Å². The molecule has 3 heterocycles. The van der Waals surface area contributed by atoms with Crippen molar-refractivity contribution in [3.63, 3.8) is 0 Å². The van der Waals surface area contributed by atoms with Crippen LogP contribution in [0.15, 0.2) is 16.5 Å². The normalized spacial score (nSPS) is 24.2. The molecule has 0 saturated carbocycles. The van der Waals surface area contributed by atoms with Crippen LogP contribution in [0, 0.1) is 5.41 Å². The zero-order valence-electron chi connectivity index (χ0n) is 14.0. The Morgan fingerprint density at radius 2 is 2.21 bits per heavy atom. The van der Waals surface area contributed by atoms with Crippen molar-refractivity contribution in [2.24, 2.45) is 5.41 Å². The van der Waals surface area contributed by atoms with Crippen molar-refractivity contribution in [3.8, 4) is 0 Å². The highest BCUT2D eigenvalue weighted by atomic mass is 16.5. The molecule has 132 valence electrons. The molecular weight excluding hydrogens is 312 g/mol. The molecule has 1 atom stereocenters. The lowest BCUT2D eigenvalue weighted by Crippen LogP contribution is -2.51. The van der Waals surface area contributed by atoms with Crippen LogP contribution in [0.2, 0.25) is 0 Å². The number of amides is 2. The first kappa shape index (κ1) is 17.0. The summed E-state index contributed by atoms with van der Waals surface area (Å²) in [4.78, 5) is 28.8. The summed E-state index contributed by atoms with van der Waals surface area (Å²) in [5.74, 6) is 0.783. The van der Waals surface area contributed by atoms with Gasteiger partial charge in [-0.05, 0) is 31.4 Å². The third-order valence-corrected chi connectivity index (χ3v) is 4.99. The van der Waals surface area contributed by atoms with Crippen molar-refractivity contribution in [2.45, 2.75) is 25.9 Å². The minimum atomic E-state index is -0.495. The predicted molar refractivity (Wildman–Crippen MR) is 85.3 cm³/mol. The lowest BCUT2D eigenvalue weighted by atomic mass is 9.78. The van der Waals surface area contributed by atoms with Crippen LogP contribution in [0.4, 0.5) is 0 Å². The van der Waals surface area contributed by atoms with Crippen molar-refractivity contribution < 1.29 is 23.8 Å². The second kappa shape index (κ2) is 6.94. The Morgan fingerprint density at radius 3 is 2.96 bits per heavy atom. The smallest absolute Gasteiger partial charge is 0.289 e. The monoisotopic (exact) mass is 336 g/mol. The summed E-state index contributed by atoms with van der Waals surface area (Å²) in [6.07, 6.45) is 2.38. The fraction of sp³-hybridized carbons (Fsp3) is 0.647. The molecule has 2 fully saturated rings. The van der Waals surface area contributed by atoms with Crippen molar-refractivity contribution in [1.82, 2.24) is 9.80 Å². The highest BCUT2D eigenvalue weighted by molar-refractivity contribution is 5.93. The van der Waals surface area contributed by atoms with E-state index in [0.29, 0.717) is 45.0 Å². The van der Waals surface area contributed by atoms with Gasteiger partial charge in [0.2, 0.25) is 5.91 Å². The first-order valence-electron chi connectivity index (χ1n) is 8.37. The number of furan rings is 1. The van der Waals surface area contributed by atoms with Gasteiger partial charge in [-0.3, -0.25) is 9.59 Å². The maximum absolute atomic E-state index is 12.8. The number of aliphatic hydroxyl groups excluding tert-OH is 1. The van der Waals surface area contributed by atoms with Crippen LogP contribution in [-0.2, 0) is 16.1 Å². The van der Waals surface area contributed by atoms with Crippen LogP contribution >= 0.6 is 0 Å². The number of piperidine rings is 1. The number of hydrogen-bond acceptors (Lipinski definition) is 5. The second-order valence-corrected chi connectivity index (χ2v) is 6.58. The molecular formula is C17H24N2O5. The zero-order valence-corrected chi connectivity index (χ0v) is 14.0. The molecule has 0 bridgehead atoms. The van der Waals surface area contributed by atoms with Gasteiger partial charge in [0.1, 0.15) is 12.4 Å². The summed E-state index contributed by atoms with van der Waals surface area (Å²) >= 11 is 0. The van der Waals surface area contributed by atoms with E-state index >= 15 is 0 Å². The molecule has 1 aromatic rings. The van der Waals surface area contributed by atoms with E-state index in [2.05, 4.69) is 0 Å². The second-order valence-electron chi connectivity index (χ2n) is 6.58. The van der Waals surface area contributed by atoms with Gasteiger partial charge in [0, 0.05) is 33.3 Å². The van der Waals surface area contributed by atoms with Crippen molar-refractivity contribution >= 4 is 11.8 Å². The standard InChI is InChI=1S/C17H24N2O5/c1-23-11-13-3-4-14(24-13)15(21)19-8-6-17(12-19)5-2-7-18(9-10-20)16(17)22/h3-4,20H,2,5-12H2,1H3/t17-/m1/s1. The molecule has 24 heavy (non-hydrogen) atoms. The van der Waals surface area contributed by atoms with E-state index in [9.17, 15) is 9.59 Å². The number of ether oxygens (including phenoxy) is 1. The van der Waals surface area contributed by atoms with Crippen molar-refractivity contribution in [3.05, 3.63) is 23.7 Å². The molecule has 1 N–H and O–H groups in total. The van der Waals surface area contributed by atoms with Gasteiger partial charge >= 0.3 is 0 Å². The molecule has 0 aromatic carbocycles. The highest BCUT2D eigenvalue weighted by Gasteiger charge is 2.49. The molecule has 1 spiro atoms. The lowest BCUT2D eigenvalue weighted by molar-refractivity contribution is -0.146. The third kappa shape index (κ3) is 3.06. The summed E-state index contributed by atoms with van der Waals surface area (Å²) in [6, 6.07) is 3.39. The van der Waals surface area contributed by atoms with Gasteiger partial charge < -0.3 is 24.1 Å². The maximum atomic E-state index is 12.8. The van der Waals surface area contributed by atoms with E-state index in [1.54, 1.807) is 29.0 Å². The Kier molecular flexibility index (Phi) is 4.91. The molecule has 3 rings (SSSR count). The Labute approximate surface area is 141 Å². The summed E-state index contributed by atoms with van der Waals surface area (Å²) in [6.45, 7) is 2.33. The molecule has 0 aliphatic carbocycles. The molecule has 0 radical (unpaired) electrons. The number of carbonyl (C=O) groups excluding carboxylic acids is 2. The fourth-order valence-electron chi connectivity index (χ4n) is 3.78. The van der Waals surface area contributed by atoms with E-state index in [1.165, 1.54) is 0 Å². The predicted octanol–water partition coefficient (Wildman–Crippen LogP) is 0.873. The Bertz CT molecular complexity index is 612. The number of β-amino-alcohol motifs (C(OH)–C–C–N with tert-alkyl or cyclic N) is 1. The third-order valence-electron chi connectivity index (χ3n) is 4.99. The van der Waals surface area contributed by atoms with E-state index in [4.69, 9.17) is 14.3 Å². The first-order valence-corrected chi connectivity index (χ1v) is 8.37.